The van der Waals surface area contributed by atoms with E-state index in [4.69, 9.17) is 0 Å². The largest absolute Gasteiger partial charge is 0.296 e. The molecule has 1 aliphatic carbocycles. The smallest absolute Gasteiger partial charge is 0.176 e. The molecular weight excluding hydrogens is 222 g/mol. The molecule has 98 valence electrons. The van der Waals surface area contributed by atoms with Gasteiger partial charge in [-0.1, -0.05) is 37.3 Å². The molecule has 0 aromatic heterocycles. The van der Waals surface area contributed by atoms with Crippen molar-refractivity contribution in [3.63, 3.8) is 0 Å². The minimum Gasteiger partial charge on any atom is -0.296 e. The van der Waals surface area contributed by atoms with Gasteiger partial charge in [0.05, 0.1) is 6.54 Å². The van der Waals surface area contributed by atoms with E-state index in [2.05, 4.69) is 18.9 Å². The van der Waals surface area contributed by atoms with E-state index in [1.54, 1.807) is 0 Å². The summed E-state index contributed by atoms with van der Waals surface area (Å²) in [6.45, 7) is 2.87. The molecule has 1 aromatic carbocycles. The number of nitrogens with zero attached hydrogens (tertiary/aromatic N) is 1. The summed E-state index contributed by atoms with van der Waals surface area (Å²) in [6, 6.07) is 10.2. The maximum atomic E-state index is 12.1. The van der Waals surface area contributed by atoms with Crippen LogP contribution in [0.15, 0.2) is 30.3 Å². The van der Waals surface area contributed by atoms with Gasteiger partial charge < -0.3 is 0 Å². The van der Waals surface area contributed by atoms with Crippen LogP contribution in [0.1, 0.15) is 43.0 Å². The molecule has 0 atom stereocenters. The van der Waals surface area contributed by atoms with Crippen molar-refractivity contribution in [2.45, 2.75) is 38.6 Å². The molecule has 1 aromatic rings. The molecule has 0 heterocycles. The standard InChI is InChI=1S/C16H23NO/c1-13-8-10-15(11-9-13)17(2)12-16(18)14-6-4-3-5-7-14/h3-7,13,15H,8-12H2,1-2H3. The number of hydrogen-bond acceptors (Lipinski definition) is 2. The Labute approximate surface area is 110 Å². The number of ketones is 1. The molecule has 0 amide bonds. The highest BCUT2D eigenvalue weighted by Crippen LogP contribution is 2.26. The second kappa shape index (κ2) is 6.14. The summed E-state index contributed by atoms with van der Waals surface area (Å²) >= 11 is 0. The Balaban J connectivity index is 1.87. The monoisotopic (exact) mass is 245 g/mol. The third kappa shape index (κ3) is 3.42. The molecule has 2 rings (SSSR count). The van der Waals surface area contributed by atoms with Crippen molar-refractivity contribution >= 4 is 5.78 Å². The van der Waals surface area contributed by atoms with Gasteiger partial charge in [-0.3, -0.25) is 9.69 Å². The van der Waals surface area contributed by atoms with Crippen molar-refractivity contribution in [3.8, 4) is 0 Å². The third-order valence-electron chi connectivity index (χ3n) is 4.10. The van der Waals surface area contributed by atoms with Crippen LogP contribution in [0.3, 0.4) is 0 Å². The zero-order valence-electron chi connectivity index (χ0n) is 11.4. The van der Waals surface area contributed by atoms with Crippen LogP contribution < -0.4 is 0 Å². The fourth-order valence-corrected chi connectivity index (χ4v) is 2.75. The van der Waals surface area contributed by atoms with Crippen molar-refractivity contribution < 1.29 is 4.79 Å². The number of rotatable bonds is 4. The normalized spacial score (nSPS) is 24.2. The van der Waals surface area contributed by atoms with Crippen molar-refractivity contribution in [2.75, 3.05) is 13.6 Å². The van der Waals surface area contributed by atoms with Crippen LogP contribution >= 0.6 is 0 Å². The average molecular weight is 245 g/mol. The van der Waals surface area contributed by atoms with E-state index in [-0.39, 0.29) is 5.78 Å². The average Bonchev–Trinajstić information content (AvgIpc) is 2.40. The first kappa shape index (κ1) is 13.3. The van der Waals surface area contributed by atoms with E-state index in [1.807, 2.05) is 30.3 Å². The van der Waals surface area contributed by atoms with Gasteiger partial charge in [-0.15, -0.1) is 0 Å². The molecule has 1 aliphatic rings. The van der Waals surface area contributed by atoms with Gasteiger partial charge in [0.25, 0.3) is 0 Å². The van der Waals surface area contributed by atoms with Crippen LogP contribution in [0.4, 0.5) is 0 Å². The van der Waals surface area contributed by atoms with Crippen molar-refractivity contribution in [1.82, 2.24) is 4.90 Å². The number of benzene rings is 1. The van der Waals surface area contributed by atoms with Crippen LogP contribution in [0, 0.1) is 5.92 Å². The van der Waals surface area contributed by atoms with E-state index in [9.17, 15) is 4.79 Å². The topological polar surface area (TPSA) is 20.3 Å². The van der Waals surface area contributed by atoms with Gasteiger partial charge in [-0.2, -0.15) is 0 Å². The first-order valence-corrected chi connectivity index (χ1v) is 6.95. The van der Waals surface area contributed by atoms with Crippen LogP contribution in [0.5, 0.6) is 0 Å². The number of Topliss-reactive ketones (excluding diaryl/α,β-unsaturated/α-hetero) is 1. The molecule has 2 heteroatoms. The molecular formula is C16H23NO. The Hall–Kier alpha value is -1.15. The summed E-state index contributed by atoms with van der Waals surface area (Å²) in [6.07, 6.45) is 5.07. The van der Waals surface area contributed by atoms with E-state index >= 15 is 0 Å². The number of hydrogen-bond donors (Lipinski definition) is 0. The van der Waals surface area contributed by atoms with Gasteiger partial charge in [-0.05, 0) is 38.6 Å². The van der Waals surface area contributed by atoms with Crippen LogP contribution in [-0.2, 0) is 0 Å². The van der Waals surface area contributed by atoms with E-state index in [1.165, 1.54) is 25.7 Å². The van der Waals surface area contributed by atoms with Gasteiger partial charge in [0.1, 0.15) is 0 Å². The molecule has 0 radical (unpaired) electrons. The Bertz CT molecular complexity index is 379. The highest BCUT2D eigenvalue weighted by atomic mass is 16.1. The minimum absolute atomic E-state index is 0.233. The molecule has 0 N–H and O–H groups in total. The maximum Gasteiger partial charge on any atom is 0.176 e. The highest BCUT2D eigenvalue weighted by Gasteiger charge is 2.23. The molecule has 0 spiro atoms. The van der Waals surface area contributed by atoms with Crippen LogP contribution in [0.25, 0.3) is 0 Å². The predicted octanol–water partition coefficient (Wildman–Crippen LogP) is 3.38. The minimum atomic E-state index is 0.233. The first-order chi connectivity index (χ1) is 8.66. The molecule has 18 heavy (non-hydrogen) atoms. The van der Waals surface area contributed by atoms with Gasteiger partial charge in [0.15, 0.2) is 5.78 Å². The molecule has 1 saturated carbocycles. The summed E-state index contributed by atoms with van der Waals surface area (Å²) in [7, 11) is 2.08. The van der Waals surface area contributed by atoms with Crippen molar-refractivity contribution in [3.05, 3.63) is 35.9 Å². The summed E-state index contributed by atoms with van der Waals surface area (Å²) in [5, 5.41) is 0. The predicted molar refractivity (Wildman–Crippen MR) is 74.8 cm³/mol. The zero-order valence-corrected chi connectivity index (χ0v) is 11.4. The number of likely N-dealkylation sites (N-methyl/N-ethyl adjacent to an activating group) is 1. The first-order valence-electron chi connectivity index (χ1n) is 6.95. The second-order valence-electron chi connectivity index (χ2n) is 5.62. The molecule has 0 saturated heterocycles. The lowest BCUT2D eigenvalue weighted by Crippen LogP contribution is -2.38. The lowest BCUT2D eigenvalue weighted by atomic mass is 9.86. The number of carbonyl (C=O) groups excluding carboxylic acids is 1. The van der Waals surface area contributed by atoms with Gasteiger partial charge in [0.2, 0.25) is 0 Å². The summed E-state index contributed by atoms with van der Waals surface area (Å²) < 4.78 is 0. The highest BCUT2D eigenvalue weighted by molar-refractivity contribution is 5.97. The van der Waals surface area contributed by atoms with E-state index in [0.29, 0.717) is 12.6 Å². The maximum absolute atomic E-state index is 12.1. The van der Waals surface area contributed by atoms with Crippen molar-refractivity contribution in [1.29, 1.82) is 0 Å². The SMILES string of the molecule is CC1CCC(N(C)CC(=O)c2ccccc2)CC1. The summed E-state index contributed by atoms with van der Waals surface area (Å²) in [4.78, 5) is 14.4. The Morgan fingerprint density at radius 3 is 2.39 bits per heavy atom. The van der Waals surface area contributed by atoms with Crippen LogP contribution in [0.2, 0.25) is 0 Å². The zero-order chi connectivity index (χ0) is 13.0. The van der Waals surface area contributed by atoms with Crippen LogP contribution in [-0.4, -0.2) is 30.3 Å². The molecule has 0 unspecified atom stereocenters. The molecule has 2 nitrogen and oxygen atoms in total. The Morgan fingerprint density at radius 2 is 1.78 bits per heavy atom. The lowest BCUT2D eigenvalue weighted by Gasteiger charge is -2.33. The third-order valence-corrected chi connectivity index (χ3v) is 4.10. The summed E-state index contributed by atoms with van der Waals surface area (Å²) in [5.74, 6) is 1.09. The Kier molecular flexibility index (Phi) is 4.54. The summed E-state index contributed by atoms with van der Waals surface area (Å²) in [5.41, 5.74) is 0.827. The fourth-order valence-electron chi connectivity index (χ4n) is 2.75. The number of carbonyl (C=O) groups is 1. The molecule has 1 fully saturated rings. The van der Waals surface area contributed by atoms with E-state index in [0.717, 1.165) is 11.5 Å². The lowest BCUT2D eigenvalue weighted by molar-refractivity contribution is 0.0889. The Morgan fingerprint density at radius 1 is 1.17 bits per heavy atom. The second-order valence-corrected chi connectivity index (χ2v) is 5.62. The van der Waals surface area contributed by atoms with Gasteiger partial charge in [0, 0.05) is 11.6 Å². The van der Waals surface area contributed by atoms with Gasteiger partial charge in [-0.25, -0.2) is 0 Å². The molecule has 0 bridgehead atoms. The quantitative estimate of drug-likeness (QED) is 0.758. The van der Waals surface area contributed by atoms with E-state index < -0.39 is 0 Å². The molecule has 0 aliphatic heterocycles. The fraction of sp³-hybridized carbons (Fsp3) is 0.562. The van der Waals surface area contributed by atoms with Crippen molar-refractivity contribution in [2.24, 2.45) is 5.92 Å². The van der Waals surface area contributed by atoms with Gasteiger partial charge >= 0.3 is 0 Å².